The van der Waals surface area contributed by atoms with E-state index in [0.717, 1.165) is 36.0 Å². The minimum atomic E-state index is 0.416. The first kappa shape index (κ1) is 26.2. The third-order valence-corrected chi connectivity index (χ3v) is 8.89. The average Bonchev–Trinajstić information content (AvgIpc) is 2.78. The van der Waals surface area contributed by atoms with E-state index in [2.05, 4.69) is 13.8 Å². The van der Waals surface area contributed by atoms with Crippen molar-refractivity contribution >= 4 is 0 Å². The molecule has 0 aromatic rings. The molecule has 0 aromatic heterocycles. The van der Waals surface area contributed by atoms with E-state index in [1.54, 1.807) is 0 Å². The summed E-state index contributed by atoms with van der Waals surface area (Å²) >= 11 is 0. The number of hydrogen-bond donors (Lipinski definition) is 1. The molecule has 0 saturated heterocycles. The Balaban J connectivity index is 1.65. The molecule has 0 bridgehead atoms. The van der Waals surface area contributed by atoms with E-state index in [1.807, 2.05) is 0 Å². The van der Waals surface area contributed by atoms with Crippen LogP contribution >= 0.6 is 0 Å². The predicted molar refractivity (Wildman–Crippen MR) is 133 cm³/mol. The molecular formula is C29H56O. The maximum atomic E-state index is 9.78. The van der Waals surface area contributed by atoms with Crippen LogP contribution in [0.1, 0.15) is 149 Å². The second-order valence-electron chi connectivity index (χ2n) is 11.1. The highest BCUT2D eigenvalue weighted by atomic mass is 16.3. The Kier molecular flexibility index (Phi) is 14.5. The van der Waals surface area contributed by atoms with Crippen LogP contribution in [-0.2, 0) is 0 Å². The van der Waals surface area contributed by atoms with Crippen molar-refractivity contribution < 1.29 is 5.11 Å². The van der Waals surface area contributed by atoms with E-state index in [1.165, 1.54) is 128 Å². The van der Waals surface area contributed by atoms with Gasteiger partial charge in [-0.15, -0.1) is 0 Å². The monoisotopic (exact) mass is 420 g/mol. The minimum Gasteiger partial charge on any atom is -0.396 e. The molecule has 0 amide bonds. The Morgan fingerprint density at radius 1 is 0.567 bits per heavy atom. The lowest BCUT2D eigenvalue weighted by Crippen LogP contribution is -2.31. The summed E-state index contributed by atoms with van der Waals surface area (Å²) in [5.41, 5.74) is 0. The van der Waals surface area contributed by atoms with Gasteiger partial charge in [-0.2, -0.15) is 0 Å². The Labute approximate surface area is 190 Å². The van der Waals surface area contributed by atoms with E-state index < -0.39 is 0 Å². The smallest absolute Gasteiger partial charge is 0.0433 e. The zero-order valence-corrected chi connectivity index (χ0v) is 20.9. The van der Waals surface area contributed by atoms with Crippen LogP contribution < -0.4 is 0 Å². The maximum absolute atomic E-state index is 9.78. The topological polar surface area (TPSA) is 20.2 Å². The highest BCUT2D eigenvalue weighted by Crippen LogP contribution is 2.45. The van der Waals surface area contributed by atoms with Crippen LogP contribution in [0.2, 0.25) is 0 Å². The van der Waals surface area contributed by atoms with Crippen molar-refractivity contribution in [3.8, 4) is 0 Å². The fourth-order valence-corrected chi connectivity index (χ4v) is 6.89. The van der Waals surface area contributed by atoms with Crippen molar-refractivity contribution in [1.29, 1.82) is 0 Å². The quantitative estimate of drug-likeness (QED) is 0.247. The van der Waals surface area contributed by atoms with Crippen LogP contribution in [0.5, 0.6) is 0 Å². The van der Waals surface area contributed by atoms with E-state index >= 15 is 0 Å². The number of aliphatic hydroxyl groups is 1. The predicted octanol–water partition coefficient (Wildman–Crippen LogP) is 9.32. The van der Waals surface area contributed by atoms with Gasteiger partial charge in [-0.25, -0.2) is 0 Å². The molecule has 2 aliphatic carbocycles. The molecule has 178 valence electrons. The summed E-state index contributed by atoms with van der Waals surface area (Å²) in [4.78, 5) is 0. The Morgan fingerprint density at radius 3 is 1.33 bits per heavy atom. The number of rotatable bonds is 16. The third-order valence-electron chi connectivity index (χ3n) is 8.89. The standard InChI is InChI=1S/C29H56O/c1-3-5-7-9-11-13-25-15-19-27(20-16-25)29(23-24-30)28-21-17-26(18-22-28)14-12-10-8-6-4-2/h25-30H,3-24H2,1-2H3. The van der Waals surface area contributed by atoms with Crippen molar-refractivity contribution in [3.05, 3.63) is 0 Å². The highest BCUT2D eigenvalue weighted by Gasteiger charge is 2.34. The zero-order chi connectivity index (χ0) is 21.4. The molecule has 2 aliphatic rings. The summed E-state index contributed by atoms with van der Waals surface area (Å²) in [6.45, 7) is 5.04. The van der Waals surface area contributed by atoms with Gasteiger partial charge in [0.05, 0.1) is 0 Å². The zero-order valence-electron chi connectivity index (χ0n) is 20.9. The van der Waals surface area contributed by atoms with Gasteiger partial charge in [-0.1, -0.05) is 117 Å². The van der Waals surface area contributed by atoms with Crippen LogP contribution in [0.15, 0.2) is 0 Å². The van der Waals surface area contributed by atoms with Crippen molar-refractivity contribution in [1.82, 2.24) is 0 Å². The number of unbranched alkanes of at least 4 members (excludes halogenated alkanes) is 8. The average molecular weight is 421 g/mol. The maximum Gasteiger partial charge on any atom is 0.0433 e. The molecule has 0 radical (unpaired) electrons. The van der Waals surface area contributed by atoms with Gasteiger partial charge in [0.25, 0.3) is 0 Å². The van der Waals surface area contributed by atoms with Crippen LogP contribution in [0.4, 0.5) is 0 Å². The summed E-state index contributed by atoms with van der Waals surface area (Å²) in [7, 11) is 0. The van der Waals surface area contributed by atoms with Crippen LogP contribution in [0.25, 0.3) is 0 Å². The van der Waals surface area contributed by atoms with Gasteiger partial charge in [0, 0.05) is 6.61 Å². The fourth-order valence-electron chi connectivity index (χ4n) is 6.89. The molecule has 0 spiro atoms. The molecule has 2 fully saturated rings. The summed E-state index contributed by atoms with van der Waals surface area (Å²) < 4.78 is 0. The van der Waals surface area contributed by atoms with E-state index in [9.17, 15) is 5.11 Å². The molecule has 0 atom stereocenters. The summed E-state index contributed by atoms with van der Waals surface area (Å²) in [5.74, 6) is 4.70. The van der Waals surface area contributed by atoms with Crippen molar-refractivity contribution in [2.75, 3.05) is 6.61 Å². The molecule has 0 heterocycles. The van der Waals surface area contributed by atoms with E-state index in [4.69, 9.17) is 0 Å². The summed E-state index contributed by atoms with van der Waals surface area (Å²) in [5, 5.41) is 9.78. The number of hydrogen-bond acceptors (Lipinski definition) is 1. The number of aliphatic hydroxyl groups excluding tert-OH is 1. The summed E-state index contributed by atoms with van der Waals surface area (Å²) in [6.07, 6.45) is 30.2. The van der Waals surface area contributed by atoms with E-state index in [0.29, 0.717) is 6.61 Å². The molecule has 1 nitrogen and oxygen atoms in total. The van der Waals surface area contributed by atoms with Crippen LogP contribution in [-0.4, -0.2) is 11.7 Å². The fraction of sp³-hybridized carbons (Fsp3) is 1.00. The highest BCUT2D eigenvalue weighted by molar-refractivity contribution is 4.85. The first-order valence-corrected chi connectivity index (χ1v) is 14.4. The summed E-state index contributed by atoms with van der Waals surface area (Å²) in [6, 6.07) is 0. The lowest BCUT2D eigenvalue weighted by molar-refractivity contribution is 0.0853. The molecular weight excluding hydrogens is 364 g/mol. The van der Waals surface area contributed by atoms with Gasteiger partial charge in [0.2, 0.25) is 0 Å². The molecule has 1 N–H and O–H groups in total. The van der Waals surface area contributed by atoms with Gasteiger partial charge in [0.1, 0.15) is 0 Å². The van der Waals surface area contributed by atoms with Gasteiger partial charge in [0.15, 0.2) is 0 Å². The lowest BCUT2D eigenvalue weighted by Gasteiger charge is -2.41. The Morgan fingerprint density at radius 2 is 0.967 bits per heavy atom. The lowest BCUT2D eigenvalue weighted by atomic mass is 9.65. The molecule has 0 aliphatic heterocycles. The second kappa shape index (κ2) is 16.6. The van der Waals surface area contributed by atoms with Crippen molar-refractivity contribution in [3.63, 3.8) is 0 Å². The van der Waals surface area contributed by atoms with Crippen molar-refractivity contribution in [2.24, 2.45) is 29.6 Å². The van der Waals surface area contributed by atoms with Crippen LogP contribution in [0, 0.1) is 29.6 Å². The van der Waals surface area contributed by atoms with Gasteiger partial charge in [-0.3, -0.25) is 0 Å². The van der Waals surface area contributed by atoms with Crippen molar-refractivity contribution in [2.45, 2.75) is 149 Å². The molecule has 1 heteroatoms. The van der Waals surface area contributed by atoms with E-state index in [-0.39, 0.29) is 0 Å². The first-order chi connectivity index (χ1) is 14.8. The second-order valence-corrected chi connectivity index (χ2v) is 11.1. The normalized spacial score (nSPS) is 28.5. The van der Waals surface area contributed by atoms with Crippen LogP contribution in [0.3, 0.4) is 0 Å². The molecule has 2 saturated carbocycles. The Hall–Kier alpha value is -0.0400. The van der Waals surface area contributed by atoms with Gasteiger partial charge < -0.3 is 5.11 Å². The first-order valence-electron chi connectivity index (χ1n) is 14.4. The Bertz CT molecular complexity index is 342. The minimum absolute atomic E-state index is 0.416. The molecule has 0 aromatic carbocycles. The van der Waals surface area contributed by atoms with Gasteiger partial charge >= 0.3 is 0 Å². The molecule has 0 unspecified atom stereocenters. The molecule has 2 rings (SSSR count). The molecule has 30 heavy (non-hydrogen) atoms. The largest absolute Gasteiger partial charge is 0.396 e. The van der Waals surface area contributed by atoms with Gasteiger partial charge in [-0.05, 0) is 61.7 Å². The SMILES string of the molecule is CCCCCCCC1CCC(C(CCO)C2CCC(CCCCCCC)CC2)CC1. The third kappa shape index (κ3) is 10.1.